The van der Waals surface area contributed by atoms with Gasteiger partial charge in [-0.1, -0.05) is 23.2 Å². The maximum atomic E-state index is 10.3. The van der Waals surface area contributed by atoms with Gasteiger partial charge in [0.05, 0.1) is 17.5 Å². The Labute approximate surface area is 107 Å². The molecule has 0 saturated heterocycles. The Hall–Kier alpha value is -1.30. The molecule has 92 valence electrons. The van der Waals surface area contributed by atoms with E-state index in [-0.39, 0.29) is 21.5 Å². The molecule has 1 aromatic carbocycles. The molecule has 17 heavy (non-hydrogen) atoms. The molecule has 1 unspecified atom stereocenters. The number of carboxylic acid groups (broad SMARTS) is 1. The molecule has 1 rings (SSSR count). The molecule has 0 bridgehead atoms. The molecular weight excluding hydrogens is 269 g/mol. The molecule has 0 radical (unpaired) electrons. The summed E-state index contributed by atoms with van der Waals surface area (Å²) in [6.45, 7) is 0. The lowest BCUT2D eigenvalue weighted by Crippen LogP contribution is -2.13. The van der Waals surface area contributed by atoms with Crippen molar-refractivity contribution in [2.24, 2.45) is 4.99 Å². The summed E-state index contributed by atoms with van der Waals surface area (Å²) in [5.41, 5.74) is 0.0620. The summed E-state index contributed by atoms with van der Waals surface area (Å²) in [7, 11) is 0. The van der Waals surface area contributed by atoms with Gasteiger partial charge < -0.3 is 15.3 Å². The number of aliphatic hydroxyl groups is 1. The first-order chi connectivity index (χ1) is 7.90. The van der Waals surface area contributed by atoms with Crippen molar-refractivity contribution in [1.29, 1.82) is 0 Å². The maximum absolute atomic E-state index is 10.3. The average molecular weight is 278 g/mol. The third-order valence-electron chi connectivity index (χ3n) is 1.78. The number of phenols is 1. The highest BCUT2D eigenvalue weighted by atomic mass is 35.5. The van der Waals surface area contributed by atoms with E-state index in [4.69, 9.17) is 28.3 Å². The number of halogens is 2. The molecule has 0 saturated carbocycles. The molecule has 5 nitrogen and oxygen atoms in total. The molecular formula is C10H9Cl2NO4. The summed E-state index contributed by atoms with van der Waals surface area (Å²) < 4.78 is 0. The van der Waals surface area contributed by atoms with Crippen molar-refractivity contribution in [2.45, 2.75) is 12.5 Å². The normalized spacial score (nSPS) is 12.9. The monoisotopic (exact) mass is 277 g/mol. The van der Waals surface area contributed by atoms with E-state index in [1.165, 1.54) is 12.1 Å². The minimum Gasteiger partial charge on any atom is -0.504 e. The Morgan fingerprint density at radius 2 is 2.12 bits per heavy atom. The fraction of sp³-hybridized carbons (Fsp3) is 0.200. The van der Waals surface area contributed by atoms with Crippen molar-refractivity contribution in [3.05, 3.63) is 22.2 Å². The number of carbonyl (C=O) groups is 1. The van der Waals surface area contributed by atoms with Crippen LogP contribution < -0.4 is 0 Å². The van der Waals surface area contributed by atoms with Crippen molar-refractivity contribution in [2.75, 3.05) is 0 Å². The molecule has 0 heterocycles. The van der Waals surface area contributed by atoms with E-state index < -0.39 is 18.5 Å². The highest BCUT2D eigenvalue weighted by Gasteiger charge is 2.09. The summed E-state index contributed by atoms with van der Waals surface area (Å²) in [6.07, 6.45) is -0.723. The Kier molecular flexibility index (Phi) is 4.74. The summed E-state index contributed by atoms with van der Waals surface area (Å²) in [6, 6.07) is 2.68. The Morgan fingerprint density at radius 3 is 2.71 bits per heavy atom. The van der Waals surface area contributed by atoms with Gasteiger partial charge in [0.15, 0.2) is 5.75 Å². The van der Waals surface area contributed by atoms with Gasteiger partial charge >= 0.3 is 5.97 Å². The third-order valence-corrected chi connectivity index (χ3v) is 2.28. The van der Waals surface area contributed by atoms with Gasteiger partial charge in [-0.2, -0.15) is 0 Å². The number of aromatic hydroxyl groups is 1. The Bertz CT molecular complexity index is 462. The fourth-order valence-electron chi connectivity index (χ4n) is 1.05. The topological polar surface area (TPSA) is 90.1 Å². The smallest absolute Gasteiger partial charge is 0.306 e. The second kappa shape index (κ2) is 5.86. The summed E-state index contributed by atoms with van der Waals surface area (Å²) >= 11 is 11.3. The number of carboxylic acids is 1. The second-order valence-electron chi connectivity index (χ2n) is 3.20. The van der Waals surface area contributed by atoms with Gasteiger partial charge in [-0.05, 0) is 12.1 Å². The van der Waals surface area contributed by atoms with Gasteiger partial charge in [0.25, 0.3) is 0 Å². The predicted molar refractivity (Wildman–Crippen MR) is 64.5 cm³/mol. The standard InChI is InChI=1S/C10H9Cl2NO4/c11-5-1-7(12)10(17)8(2-5)13-4-6(14)3-9(15)16/h1-2,4,6,14,17H,3H2,(H,15,16). The molecule has 1 atom stereocenters. The van der Waals surface area contributed by atoms with Crippen molar-refractivity contribution >= 4 is 41.1 Å². The van der Waals surface area contributed by atoms with Crippen LogP contribution >= 0.6 is 23.2 Å². The highest BCUT2D eigenvalue weighted by Crippen LogP contribution is 2.36. The van der Waals surface area contributed by atoms with Gasteiger partial charge in [0, 0.05) is 11.2 Å². The molecule has 0 amide bonds. The van der Waals surface area contributed by atoms with Crippen LogP contribution in [0.1, 0.15) is 6.42 Å². The van der Waals surface area contributed by atoms with Crippen molar-refractivity contribution in [1.82, 2.24) is 0 Å². The summed E-state index contributed by atoms with van der Waals surface area (Å²) in [4.78, 5) is 14.0. The van der Waals surface area contributed by atoms with E-state index in [1.54, 1.807) is 0 Å². The largest absolute Gasteiger partial charge is 0.504 e. The van der Waals surface area contributed by atoms with Gasteiger partial charge in [-0.25, -0.2) is 0 Å². The first kappa shape index (κ1) is 13.8. The van der Waals surface area contributed by atoms with E-state index in [0.29, 0.717) is 0 Å². The van der Waals surface area contributed by atoms with E-state index in [2.05, 4.69) is 4.99 Å². The maximum Gasteiger partial charge on any atom is 0.306 e. The second-order valence-corrected chi connectivity index (χ2v) is 4.04. The number of rotatable bonds is 4. The van der Waals surface area contributed by atoms with E-state index in [9.17, 15) is 15.0 Å². The molecule has 0 aromatic heterocycles. The van der Waals surface area contributed by atoms with Crippen LogP contribution in [0.5, 0.6) is 5.75 Å². The zero-order valence-electron chi connectivity index (χ0n) is 8.47. The minimum absolute atomic E-state index is 0.0253. The molecule has 7 heteroatoms. The van der Waals surface area contributed by atoms with E-state index in [0.717, 1.165) is 6.21 Å². The molecule has 1 aromatic rings. The number of benzene rings is 1. The molecule has 3 N–H and O–H groups in total. The quantitative estimate of drug-likeness (QED) is 0.737. The zero-order chi connectivity index (χ0) is 13.0. The van der Waals surface area contributed by atoms with Crippen LogP contribution in [0.3, 0.4) is 0 Å². The first-order valence-corrected chi connectivity index (χ1v) is 5.28. The fourth-order valence-corrected chi connectivity index (χ4v) is 1.53. The van der Waals surface area contributed by atoms with Crippen LogP contribution in [-0.2, 0) is 4.79 Å². The number of aliphatic hydroxyl groups excluding tert-OH is 1. The van der Waals surface area contributed by atoms with E-state index in [1.807, 2.05) is 0 Å². The molecule has 0 spiro atoms. The minimum atomic E-state index is -1.25. The lowest BCUT2D eigenvalue weighted by Gasteiger charge is -2.03. The van der Waals surface area contributed by atoms with Crippen LogP contribution in [0.25, 0.3) is 0 Å². The van der Waals surface area contributed by atoms with Gasteiger partial charge in [0.1, 0.15) is 5.69 Å². The van der Waals surface area contributed by atoms with Crippen molar-refractivity contribution in [3.63, 3.8) is 0 Å². The number of nitrogens with zero attached hydrogens (tertiary/aromatic N) is 1. The third kappa shape index (κ3) is 4.22. The van der Waals surface area contributed by atoms with E-state index >= 15 is 0 Å². The number of aliphatic carboxylic acids is 1. The number of aliphatic imine (C=N–C) groups is 1. The lowest BCUT2D eigenvalue weighted by molar-refractivity contribution is -0.138. The van der Waals surface area contributed by atoms with Crippen LogP contribution in [0.4, 0.5) is 5.69 Å². The number of hydrogen-bond donors (Lipinski definition) is 3. The van der Waals surface area contributed by atoms with Crippen LogP contribution in [0, 0.1) is 0 Å². The van der Waals surface area contributed by atoms with Gasteiger partial charge in [0.2, 0.25) is 0 Å². The van der Waals surface area contributed by atoms with Crippen LogP contribution in [-0.4, -0.2) is 33.6 Å². The lowest BCUT2D eigenvalue weighted by atomic mass is 10.2. The number of hydrogen-bond acceptors (Lipinski definition) is 4. The summed E-state index contributed by atoms with van der Waals surface area (Å²) in [5.74, 6) is -1.44. The van der Waals surface area contributed by atoms with Crippen LogP contribution in [0.2, 0.25) is 10.0 Å². The van der Waals surface area contributed by atoms with Crippen molar-refractivity contribution < 1.29 is 20.1 Å². The number of phenolic OH excluding ortho intramolecular Hbond substituents is 1. The van der Waals surface area contributed by atoms with Crippen molar-refractivity contribution in [3.8, 4) is 5.75 Å². The van der Waals surface area contributed by atoms with Crippen LogP contribution in [0.15, 0.2) is 17.1 Å². The molecule has 0 aliphatic carbocycles. The molecule has 0 aliphatic rings. The Morgan fingerprint density at radius 1 is 1.47 bits per heavy atom. The molecule has 0 fully saturated rings. The average Bonchev–Trinajstić information content (AvgIpc) is 2.20. The SMILES string of the molecule is O=C(O)CC(O)C=Nc1cc(Cl)cc(Cl)c1O. The highest BCUT2D eigenvalue weighted by molar-refractivity contribution is 6.36. The Balaban J connectivity index is 2.88. The predicted octanol–water partition coefficient (Wildman–Crippen LogP) is 2.24. The molecule has 0 aliphatic heterocycles. The summed E-state index contributed by atoms with van der Waals surface area (Å²) in [5, 5.41) is 27.5. The zero-order valence-corrected chi connectivity index (χ0v) is 9.98. The van der Waals surface area contributed by atoms with Gasteiger partial charge in [-0.15, -0.1) is 0 Å². The first-order valence-electron chi connectivity index (χ1n) is 4.52. The van der Waals surface area contributed by atoms with Gasteiger partial charge in [-0.3, -0.25) is 9.79 Å².